The molecule has 2 rings (SSSR count). The van der Waals surface area contributed by atoms with Gasteiger partial charge >= 0.3 is 0 Å². The standard InChI is InChI=1S/C9H6ClNO2S/c1-4(12)6-2-5(10)3-7-8(6)13-9(14)11-7/h2-3H,1H3,(H,11,14). The molecular weight excluding hydrogens is 222 g/mol. The van der Waals surface area contributed by atoms with Crippen LogP contribution in [0.3, 0.4) is 0 Å². The number of aromatic nitrogens is 1. The number of nitrogens with one attached hydrogen (secondary N) is 1. The van der Waals surface area contributed by atoms with E-state index >= 15 is 0 Å². The number of fused-ring (bicyclic) bond motifs is 1. The fraction of sp³-hybridized carbons (Fsp3) is 0.111. The number of Topliss-reactive ketones (excluding diaryl/α,β-unsaturated/α-hetero) is 1. The second kappa shape index (κ2) is 3.22. The van der Waals surface area contributed by atoms with Crippen LogP contribution in [0.4, 0.5) is 0 Å². The highest BCUT2D eigenvalue weighted by Gasteiger charge is 2.11. The Kier molecular flexibility index (Phi) is 2.17. The molecule has 0 aliphatic carbocycles. The molecule has 1 N–H and O–H groups in total. The molecule has 0 atom stereocenters. The SMILES string of the molecule is CC(=O)c1cc(Cl)cc2[nH]c(=S)oc12. The van der Waals surface area contributed by atoms with Crippen molar-refractivity contribution < 1.29 is 9.21 Å². The summed E-state index contributed by atoms with van der Waals surface area (Å²) >= 11 is 10.7. The number of aromatic amines is 1. The number of ketones is 1. The third-order valence-electron chi connectivity index (χ3n) is 1.86. The highest BCUT2D eigenvalue weighted by atomic mass is 35.5. The van der Waals surface area contributed by atoms with Crippen molar-refractivity contribution in [3.8, 4) is 0 Å². The van der Waals surface area contributed by atoms with E-state index in [0.29, 0.717) is 21.7 Å². The van der Waals surface area contributed by atoms with Gasteiger partial charge in [0.25, 0.3) is 4.84 Å². The van der Waals surface area contributed by atoms with E-state index in [0.717, 1.165) is 0 Å². The van der Waals surface area contributed by atoms with Crippen LogP contribution in [0.15, 0.2) is 16.5 Å². The average Bonchev–Trinajstić information content (AvgIpc) is 2.42. The first-order chi connectivity index (χ1) is 6.58. The van der Waals surface area contributed by atoms with Gasteiger partial charge in [0.2, 0.25) is 0 Å². The van der Waals surface area contributed by atoms with E-state index in [1.807, 2.05) is 0 Å². The van der Waals surface area contributed by atoms with E-state index < -0.39 is 0 Å². The number of hydrogen-bond acceptors (Lipinski definition) is 3. The molecule has 0 saturated heterocycles. The van der Waals surface area contributed by atoms with Crippen molar-refractivity contribution in [1.82, 2.24) is 4.98 Å². The molecule has 1 heterocycles. The number of oxazole rings is 1. The number of hydrogen-bond donors (Lipinski definition) is 1. The molecule has 5 heteroatoms. The first kappa shape index (κ1) is 9.43. The minimum Gasteiger partial charge on any atom is -0.429 e. The van der Waals surface area contributed by atoms with Gasteiger partial charge in [0.15, 0.2) is 11.4 Å². The minimum atomic E-state index is -0.102. The number of carbonyl (C=O) groups excluding carboxylic acids is 1. The van der Waals surface area contributed by atoms with Gasteiger partial charge in [-0.2, -0.15) is 0 Å². The summed E-state index contributed by atoms with van der Waals surface area (Å²) in [6, 6.07) is 3.24. The molecular formula is C9H6ClNO2S. The predicted octanol–water partition coefficient (Wildman–Crippen LogP) is 3.35. The van der Waals surface area contributed by atoms with Crippen LogP contribution in [0.25, 0.3) is 11.1 Å². The summed E-state index contributed by atoms with van der Waals surface area (Å²) < 4.78 is 5.20. The lowest BCUT2D eigenvalue weighted by atomic mass is 10.1. The van der Waals surface area contributed by atoms with Crippen molar-refractivity contribution in [2.45, 2.75) is 6.92 Å². The van der Waals surface area contributed by atoms with Gasteiger partial charge in [-0.1, -0.05) is 11.6 Å². The van der Waals surface area contributed by atoms with Crippen LogP contribution in [0.2, 0.25) is 5.02 Å². The molecule has 0 radical (unpaired) electrons. The minimum absolute atomic E-state index is 0.102. The van der Waals surface area contributed by atoms with Crippen molar-refractivity contribution in [2.24, 2.45) is 0 Å². The Morgan fingerprint density at radius 3 is 2.93 bits per heavy atom. The van der Waals surface area contributed by atoms with E-state index in [1.54, 1.807) is 12.1 Å². The Morgan fingerprint density at radius 2 is 2.29 bits per heavy atom. The van der Waals surface area contributed by atoms with Gasteiger partial charge < -0.3 is 9.40 Å². The quantitative estimate of drug-likeness (QED) is 0.600. The Balaban J connectivity index is 2.92. The van der Waals surface area contributed by atoms with Gasteiger partial charge in [-0.05, 0) is 31.3 Å². The monoisotopic (exact) mass is 227 g/mol. The van der Waals surface area contributed by atoms with Gasteiger partial charge in [-0.15, -0.1) is 0 Å². The van der Waals surface area contributed by atoms with Gasteiger partial charge in [0, 0.05) is 5.02 Å². The summed E-state index contributed by atoms with van der Waals surface area (Å²) in [6.45, 7) is 1.46. The molecule has 0 aliphatic heterocycles. The Bertz CT molecular complexity index is 570. The van der Waals surface area contributed by atoms with E-state index in [1.165, 1.54) is 6.92 Å². The molecule has 72 valence electrons. The Labute approximate surface area is 89.7 Å². The zero-order valence-corrected chi connectivity index (χ0v) is 8.83. The average molecular weight is 228 g/mol. The predicted molar refractivity (Wildman–Crippen MR) is 56.4 cm³/mol. The van der Waals surface area contributed by atoms with Crippen LogP contribution >= 0.6 is 23.8 Å². The van der Waals surface area contributed by atoms with Crippen molar-refractivity contribution >= 4 is 40.7 Å². The normalized spacial score (nSPS) is 10.7. The molecule has 0 unspecified atom stereocenters. The molecule has 0 fully saturated rings. The maximum Gasteiger partial charge on any atom is 0.266 e. The molecule has 2 aromatic rings. The fourth-order valence-corrected chi connectivity index (χ4v) is 1.70. The lowest BCUT2D eigenvalue weighted by Gasteiger charge is -1.96. The van der Waals surface area contributed by atoms with Gasteiger partial charge in [-0.25, -0.2) is 0 Å². The molecule has 0 aliphatic rings. The van der Waals surface area contributed by atoms with Crippen LogP contribution in [0.5, 0.6) is 0 Å². The summed E-state index contributed by atoms with van der Waals surface area (Å²) in [4.78, 5) is 14.3. The smallest absolute Gasteiger partial charge is 0.266 e. The topological polar surface area (TPSA) is 46.0 Å². The number of H-pyrrole nitrogens is 1. The molecule has 1 aromatic heterocycles. The number of benzene rings is 1. The van der Waals surface area contributed by atoms with E-state index in [4.69, 9.17) is 28.2 Å². The summed E-state index contributed by atoms with van der Waals surface area (Å²) in [5, 5.41) is 0.481. The number of carbonyl (C=O) groups is 1. The highest BCUT2D eigenvalue weighted by molar-refractivity contribution is 7.71. The van der Waals surface area contributed by atoms with Crippen LogP contribution < -0.4 is 0 Å². The zero-order chi connectivity index (χ0) is 10.3. The summed E-state index contributed by atoms with van der Waals surface area (Å²) in [7, 11) is 0. The van der Waals surface area contributed by atoms with Gasteiger partial charge in [-0.3, -0.25) is 4.79 Å². The molecule has 0 saturated carbocycles. The molecule has 0 spiro atoms. The molecule has 0 amide bonds. The van der Waals surface area contributed by atoms with Crippen LogP contribution in [-0.4, -0.2) is 10.8 Å². The summed E-state index contributed by atoms with van der Waals surface area (Å²) in [6.07, 6.45) is 0. The van der Waals surface area contributed by atoms with Crippen LogP contribution in [-0.2, 0) is 0 Å². The Hall–Kier alpha value is -1.13. The van der Waals surface area contributed by atoms with E-state index in [9.17, 15) is 4.79 Å². The van der Waals surface area contributed by atoms with Crippen molar-refractivity contribution in [2.75, 3.05) is 0 Å². The largest absolute Gasteiger partial charge is 0.429 e. The number of rotatable bonds is 1. The van der Waals surface area contributed by atoms with E-state index in [-0.39, 0.29) is 10.6 Å². The third-order valence-corrected chi connectivity index (χ3v) is 2.27. The first-order valence-electron chi connectivity index (χ1n) is 3.91. The molecule has 0 bridgehead atoms. The Morgan fingerprint density at radius 1 is 1.57 bits per heavy atom. The zero-order valence-electron chi connectivity index (χ0n) is 7.26. The second-order valence-electron chi connectivity index (χ2n) is 2.90. The summed E-state index contributed by atoms with van der Waals surface area (Å²) in [5.74, 6) is -0.102. The third kappa shape index (κ3) is 1.47. The maximum atomic E-state index is 11.3. The molecule has 1 aromatic carbocycles. The van der Waals surface area contributed by atoms with Gasteiger partial charge in [0.05, 0.1) is 11.1 Å². The van der Waals surface area contributed by atoms with Crippen molar-refractivity contribution in [3.05, 3.63) is 27.6 Å². The first-order valence-corrected chi connectivity index (χ1v) is 4.70. The van der Waals surface area contributed by atoms with Crippen molar-refractivity contribution in [1.29, 1.82) is 0 Å². The highest BCUT2D eigenvalue weighted by Crippen LogP contribution is 2.23. The van der Waals surface area contributed by atoms with Gasteiger partial charge in [0.1, 0.15) is 0 Å². The van der Waals surface area contributed by atoms with Crippen LogP contribution in [0.1, 0.15) is 17.3 Å². The molecule has 14 heavy (non-hydrogen) atoms. The fourth-order valence-electron chi connectivity index (χ4n) is 1.29. The maximum absolute atomic E-state index is 11.3. The van der Waals surface area contributed by atoms with E-state index in [2.05, 4.69) is 4.98 Å². The summed E-state index contributed by atoms with van der Waals surface area (Å²) in [5.41, 5.74) is 1.56. The lowest BCUT2D eigenvalue weighted by molar-refractivity contribution is 0.101. The van der Waals surface area contributed by atoms with Crippen molar-refractivity contribution in [3.63, 3.8) is 0 Å². The molecule has 3 nitrogen and oxygen atoms in total. The lowest BCUT2D eigenvalue weighted by Crippen LogP contribution is -1.92. The number of halogens is 1. The second-order valence-corrected chi connectivity index (χ2v) is 3.71. The van der Waals surface area contributed by atoms with Crippen LogP contribution in [0, 0.1) is 4.84 Å².